The van der Waals surface area contributed by atoms with Crippen LogP contribution < -0.4 is 15.4 Å². The first-order valence-electron chi connectivity index (χ1n) is 6.16. The highest BCUT2D eigenvalue weighted by Gasteiger charge is 2.31. The highest BCUT2D eigenvalue weighted by Crippen LogP contribution is 2.37. The number of ether oxygens (including phenoxy) is 1. The van der Waals surface area contributed by atoms with Crippen molar-refractivity contribution in [2.24, 2.45) is 0 Å². The molecule has 2 heterocycles. The van der Waals surface area contributed by atoms with Crippen molar-refractivity contribution >= 4 is 40.2 Å². The van der Waals surface area contributed by atoms with Gasteiger partial charge in [0.25, 0.3) is 5.91 Å². The average Bonchev–Trinajstić information content (AvgIpc) is 2.80. The number of nitrogen functional groups attached to an aromatic ring is 1. The van der Waals surface area contributed by atoms with Gasteiger partial charge in [-0.25, -0.2) is 0 Å². The van der Waals surface area contributed by atoms with Crippen LogP contribution in [0, 0.1) is 0 Å². The summed E-state index contributed by atoms with van der Waals surface area (Å²) in [4.78, 5) is 15.1. The molecule has 0 spiro atoms. The first-order chi connectivity index (χ1) is 9.54. The minimum Gasteiger partial charge on any atom is -0.479 e. The number of amides is 1. The molecule has 2 N–H and O–H groups in total. The van der Waals surface area contributed by atoms with E-state index in [0.717, 1.165) is 10.6 Å². The van der Waals surface area contributed by atoms with Crippen molar-refractivity contribution in [3.63, 3.8) is 0 Å². The van der Waals surface area contributed by atoms with Crippen molar-refractivity contribution in [1.29, 1.82) is 0 Å². The van der Waals surface area contributed by atoms with Gasteiger partial charge in [0.05, 0.1) is 16.6 Å². The number of anilines is 2. The van der Waals surface area contributed by atoms with Crippen molar-refractivity contribution in [3.05, 3.63) is 39.5 Å². The number of carbonyl (C=O) groups excluding carboxylic acids is 1. The number of thiophene rings is 1. The molecule has 3 rings (SSSR count). The van der Waals surface area contributed by atoms with Gasteiger partial charge in [0.2, 0.25) is 0 Å². The second-order valence-electron chi connectivity index (χ2n) is 4.62. The first-order valence-corrected chi connectivity index (χ1v) is 7.36. The van der Waals surface area contributed by atoms with E-state index in [4.69, 9.17) is 22.1 Å². The van der Waals surface area contributed by atoms with Crippen LogP contribution in [0.3, 0.4) is 0 Å². The van der Waals surface area contributed by atoms with E-state index >= 15 is 0 Å². The molecule has 0 saturated carbocycles. The Morgan fingerprint density at radius 1 is 1.40 bits per heavy atom. The number of benzene rings is 1. The first kappa shape index (κ1) is 13.3. The quantitative estimate of drug-likeness (QED) is 0.866. The van der Waals surface area contributed by atoms with E-state index in [2.05, 4.69) is 0 Å². The van der Waals surface area contributed by atoms with Crippen LogP contribution in [0.4, 0.5) is 11.4 Å². The highest BCUT2D eigenvalue weighted by atomic mass is 35.5. The third kappa shape index (κ3) is 2.34. The van der Waals surface area contributed by atoms with Gasteiger partial charge in [0.15, 0.2) is 6.10 Å². The molecular weight excluding hydrogens is 296 g/mol. The SMILES string of the molecule is CC1Oc2cc(N)ccc2N(Cc2ccc(Cl)s2)C1=O. The molecule has 1 aromatic heterocycles. The number of nitrogens with zero attached hydrogens (tertiary/aromatic N) is 1. The predicted octanol–water partition coefficient (Wildman–Crippen LogP) is 3.30. The molecule has 1 aliphatic heterocycles. The lowest BCUT2D eigenvalue weighted by Crippen LogP contribution is -2.43. The number of halogens is 1. The van der Waals surface area contributed by atoms with Gasteiger partial charge in [0.1, 0.15) is 5.75 Å². The molecule has 0 fully saturated rings. The molecule has 6 heteroatoms. The smallest absolute Gasteiger partial charge is 0.268 e. The number of fused-ring (bicyclic) bond motifs is 1. The van der Waals surface area contributed by atoms with E-state index in [0.29, 0.717) is 22.3 Å². The van der Waals surface area contributed by atoms with Crippen LogP contribution in [0.2, 0.25) is 4.34 Å². The summed E-state index contributed by atoms with van der Waals surface area (Å²) < 4.78 is 6.32. The Hall–Kier alpha value is -1.72. The van der Waals surface area contributed by atoms with Crippen LogP contribution in [-0.2, 0) is 11.3 Å². The number of hydrogen-bond acceptors (Lipinski definition) is 4. The van der Waals surface area contributed by atoms with Crippen molar-refractivity contribution < 1.29 is 9.53 Å². The molecule has 1 aromatic carbocycles. The summed E-state index contributed by atoms with van der Waals surface area (Å²) in [5, 5.41) is 0. The zero-order chi connectivity index (χ0) is 14.3. The lowest BCUT2D eigenvalue weighted by molar-refractivity contribution is -0.125. The van der Waals surface area contributed by atoms with E-state index in [1.165, 1.54) is 11.3 Å². The van der Waals surface area contributed by atoms with Crippen LogP contribution in [-0.4, -0.2) is 12.0 Å². The van der Waals surface area contributed by atoms with E-state index in [1.54, 1.807) is 24.0 Å². The van der Waals surface area contributed by atoms with Crippen LogP contribution in [0.25, 0.3) is 0 Å². The van der Waals surface area contributed by atoms with Crippen molar-refractivity contribution in [2.45, 2.75) is 19.6 Å². The fraction of sp³-hybridized carbons (Fsp3) is 0.214. The second kappa shape index (κ2) is 5.00. The van der Waals surface area contributed by atoms with Crippen LogP contribution in [0.1, 0.15) is 11.8 Å². The van der Waals surface area contributed by atoms with Gasteiger partial charge >= 0.3 is 0 Å². The minimum absolute atomic E-state index is 0.0632. The van der Waals surface area contributed by atoms with Gasteiger partial charge in [-0.15, -0.1) is 11.3 Å². The van der Waals surface area contributed by atoms with Crippen molar-refractivity contribution in [1.82, 2.24) is 0 Å². The van der Waals surface area contributed by atoms with E-state index in [1.807, 2.05) is 18.2 Å². The van der Waals surface area contributed by atoms with Gasteiger partial charge in [-0.1, -0.05) is 11.6 Å². The van der Waals surface area contributed by atoms with Gasteiger partial charge in [0, 0.05) is 16.6 Å². The third-order valence-corrected chi connectivity index (χ3v) is 4.35. The molecule has 0 bridgehead atoms. The molecule has 0 aliphatic carbocycles. The predicted molar refractivity (Wildman–Crippen MR) is 81.5 cm³/mol. The highest BCUT2D eigenvalue weighted by molar-refractivity contribution is 7.16. The largest absolute Gasteiger partial charge is 0.479 e. The maximum atomic E-state index is 12.3. The third-order valence-electron chi connectivity index (χ3n) is 3.14. The lowest BCUT2D eigenvalue weighted by atomic mass is 10.1. The van der Waals surface area contributed by atoms with E-state index in [-0.39, 0.29) is 5.91 Å². The van der Waals surface area contributed by atoms with Gasteiger partial charge < -0.3 is 15.4 Å². The zero-order valence-electron chi connectivity index (χ0n) is 10.8. The molecule has 2 aromatic rings. The molecule has 1 unspecified atom stereocenters. The standard InChI is InChI=1S/C14H13ClN2O2S/c1-8-14(18)17(7-10-3-5-13(15)20-10)11-4-2-9(16)6-12(11)19-8/h2-6,8H,7,16H2,1H3. The Bertz CT molecular complexity index is 671. The van der Waals surface area contributed by atoms with Gasteiger partial charge in [-0.05, 0) is 31.2 Å². The summed E-state index contributed by atoms with van der Waals surface area (Å²) in [5.74, 6) is 0.576. The molecule has 0 radical (unpaired) electrons. The fourth-order valence-electron chi connectivity index (χ4n) is 2.18. The van der Waals surface area contributed by atoms with Crippen LogP contribution in [0.15, 0.2) is 30.3 Å². The lowest BCUT2D eigenvalue weighted by Gasteiger charge is -2.32. The van der Waals surface area contributed by atoms with E-state index in [9.17, 15) is 4.79 Å². The van der Waals surface area contributed by atoms with Crippen molar-refractivity contribution in [2.75, 3.05) is 10.6 Å². The van der Waals surface area contributed by atoms with Crippen LogP contribution >= 0.6 is 22.9 Å². The average molecular weight is 309 g/mol. The number of carbonyl (C=O) groups is 1. The molecule has 1 amide bonds. The molecule has 4 nitrogen and oxygen atoms in total. The zero-order valence-corrected chi connectivity index (χ0v) is 12.4. The molecule has 104 valence electrons. The van der Waals surface area contributed by atoms with Crippen molar-refractivity contribution in [3.8, 4) is 5.75 Å². The summed E-state index contributed by atoms with van der Waals surface area (Å²) in [6.07, 6.45) is -0.514. The Morgan fingerprint density at radius 2 is 2.20 bits per heavy atom. The maximum absolute atomic E-state index is 12.3. The normalized spacial score (nSPS) is 17.8. The number of rotatable bonds is 2. The topological polar surface area (TPSA) is 55.6 Å². The molecule has 0 saturated heterocycles. The summed E-state index contributed by atoms with van der Waals surface area (Å²) in [5.41, 5.74) is 7.12. The summed E-state index contributed by atoms with van der Waals surface area (Å²) in [6, 6.07) is 9.08. The Morgan fingerprint density at radius 3 is 2.90 bits per heavy atom. The van der Waals surface area contributed by atoms with Crippen LogP contribution in [0.5, 0.6) is 5.75 Å². The number of hydrogen-bond donors (Lipinski definition) is 1. The second-order valence-corrected chi connectivity index (χ2v) is 6.42. The summed E-state index contributed by atoms with van der Waals surface area (Å²) >= 11 is 7.41. The number of nitrogens with two attached hydrogens (primary N) is 1. The molecule has 20 heavy (non-hydrogen) atoms. The Balaban J connectivity index is 1.98. The molecular formula is C14H13ClN2O2S. The molecule has 1 atom stereocenters. The molecule has 1 aliphatic rings. The Labute approximate surface area is 125 Å². The van der Waals surface area contributed by atoms with Gasteiger partial charge in [-0.3, -0.25) is 4.79 Å². The minimum atomic E-state index is -0.514. The maximum Gasteiger partial charge on any atom is 0.268 e. The fourth-order valence-corrected chi connectivity index (χ4v) is 3.26. The Kier molecular flexibility index (Phi) is 3.31. The summed E-state index contributed by atoms with van der Waals surface area (Å²) in [6.45, 7) is 2.23. The van der Waals surface area contributed by atoms with E-state index < -0.39 is 6.10 Å². The monoisotopic (exact) mass is 308 g/mol. The summed E-state index contributed by atoms with van der Waals surface area (Å²) in [7, 11) is 0. The van der Waals surface area contributed by atoms with Gasteiger partial charge in [-0.2, -0.15) is 0 Å².